The van der Waals surface area contributed by atoms with E-state index in [0.29, 0.717) is 68.2 Å². The maximum Gasteiger partial charge on any atom is 0.262 e. The fourth-order valence-corrected chi connectivity index (χ4v) is 6.57. The number of benzene rings is 3. The minimum Gasteiger partial charge on any atom is -0.457 e. The van der Waals surface area contributed by atoms with Crippen LogP contribution in [0, 0.1) is 0 Å². The SMILES string of the molecule is Nc1ccc2c3c(c(C(=O)NC4CCC(=O)NC4)sc13)C(N)C(=O)C2(N)c1ccc(Oc2ccccc2)cc1. The molecule has 3 atom stereocenters. The van der Waals surface area contributed by atoms with Gasteiger partial charge in [0.25, 0.3) is 5.91 Å². The predicted molar refractivity (Wildman–Crippen MR) is 150 cm³/mol. The van der Waals surface area contributed by atoms with Crippen molar-refractivity contribution in [2.24, 2.45) is 11.5 Å². The van der Waals surface area contributed by atoms with Crippen molar-refractivity contribution in [3.63, 3.8) is 0 Å². The van der Waals surface area contributed by atoms with Gasteiger partial charge in [-0.3, -0.25) is 14.4 Å². The van der Waals surface area contributed by atoms with Crippen molar-refractivity contribution in [3.8, 4) is 11.5 Å². The number of nitrogens with two attached hydrogens (primary N) is 3. The van der Waals surface area contributed by atoms with Gasteiger partial charge < -0.3 is 32.6 Å². The molecule has 0 spiro atoms. The van der Waals surface area contributed by atoms with E-state index in [-0.39, 0.29) is 17.9 Å². The number of hydrogen-bond donors (Lipinski definition) is 5. The molecule has 3 aromatic carbocycles. The van der Waals surface area contributed by atoms with Gasteiger partial charge >= 0.3 is 0 Å². The van der Waals surface area contributed by atoms with Gasteiger partial charge in [-0.25, -0.2) is 0 Å². The average Bonchev–Trinajstić information content (AvgIpc) is 3.36. The van der Waals surface area contributed by atoms with Gasteiger partial charge in [0.15, 0.2) is 5.78 Å². The highest BCUT2D eigenvalue weighted by atomic mass is 32.1. The molecular weight excluding hydrogens is 514 g/mol. The van der Waals surface area contributed by atoms with Gasteiger partial charge in [0.05, 0.1) is 15.6 Å². The van der Waals surface area contributed by atoms with Gasteiger partial charge in [-0.1, -0.05) is 36.4 Å². The van der Waals surface area contributed by atoms with Gasteiger partial charge in [0.2, 0.25) is 5.91 Å². The van der Waals surface area contributed by atoms with Gasteiger partial charge in [0, 0.05) is 35.6 Å². The molecule has 0 saturated carbocycles. The molecule has 1 fully saturated rings. The summed E-state index contributed by atoms with van der Waals surface area (Å²) in [6, 6.07) is 18.5. The summed E-state index contributed by atoms with van der Waals surface area (Å²) in [6.07, 6.45) is 0.871. The summed E-state index contributed by atoms with van der Waals surface area (Å²) in [5, 5.41) is 6.37. The summed E-state index contributed by atoms with van der Waals surface area (Å²) < 4.78 is 6.55. The third-order valence-corrected chi connectivity index (χ3v) is 8.66. The normalized spacial score (nSPS) is 22.4. The van der Waals surface area contributed by atoms with Crippen LogP contribution >= 0.6 is 11.3 Å². The summed E-state index contributed by atoms with van der Waals surface area (Å²) in [7, 11) is 0. The summed E-state index contributed by atoms with van der Waals surface area (Å²) in [5.41, 5.74) is 20.3. The van der Waals surface area contributed by atoms with Gasteiger partial charge in [0.1, 0.15) is 17.0 Å². The Morgan fingerprint density at radius 2 is 1.74 bits per heavy atom. The third-order valence-electron chi connectivity index (χ3n) is 7.41. The Balaban J connectivity index is 1.40. The monoisotopic (exact) mass is 541 g/mol. The van der Waals surface area contributed by atoms with Gasteiger partial charge in [-0.2, -0.15) is 0 Å². The second-order valence-corrected chi connectivity index (χ2v) is 10.9. The van der Waals surface area contributed by atoms with Crippen LogP contribution in [-0.4, -0.2) is 30.2 Å². The fourth-order valence-electron chi connectivity index (χ4n) is 5.37. The van der Waals surface area contributed by atoms with E-state index in [1.807, 2.05) is 30.3 Å². The van der Waals surface area contributed by atoms with Crippen LogP contribution in [0.5, 0.6) is 11.5 Å². The van der Waals surface area contributed by atoms with Crippen molar-refractivity contribution in [1.82, 2.24) is 10.6 Å². The second kappa shape index (κ2) is 9.49. The standard InChI is InChI=1S/C29H27N5O4S/c30-20-12-11-19-22-23(26(39-25(20)22)28(37)34-16-8-13-21(35)33-14-16)24(31)27(36)29(19,32)15-6-9-18(10-7-15)38-17-4-2-1-3-5-17/h1-7,9-12,16,24H,8,13-14,30-32H2,(H,33,35)(H,34,37). The summed E-state index contributed by atoms with van der Waals surface area (Å²) in [4.78, 5) is 39.2. The Hall–Kier alpha value is -4.25. The van der Waals surface area contributed by atoms with Crippen LogP contribution in [0.3, 0.4) is 0 Å². The third kappa shape index (κ3) is 4.13. The average molecular weight is 542 g/mol. The Labute approximate surface area is 228 Å². The highest BCUT2D eigenvalue weighted by Crippen LogP contribution is 2.49. The zero-order valence-electron chi connectivity index (χ0n) is 20.9. The minimum absolute atomic E-state index is 0.0403. The van der Waals surface area contributed by atoms with Crippen LogP contribution in [0.4, 0.5) is 5.69 Å². The van der Waals surface area contributed by atoms with E-state index in [1.54, 1.807) is 36.4 Å². The number of rotatable bonds is 5. The van der Waals surface area contributed by atoms with E-state index < -0.39 is 17.4 Å². The first kappa shape index (κ1) is 25.1. The number of amides is 2. The lowest BCUT2D eigenvalue weighted by Gasteiger charge is -2.36. The zero-order valence-corrected chi connectivity index (χ0v) is 21.7. The molecule has 1 aliphatic heterocycles. The number of hydrogen-bond acceptors (Lipinski definition) is 8. The maximum absolute atomic E-state index is 13.9. The van der Waals surface area contributed by atoms with Gasteiger partial charge in [-0.05, 0) is 47.9 Å². The first-order valence-corrected chi connectivity index (χ1v) is 13.4. The number of nitrogen functional groups attached to an aromatic ring is 1. The zero-order chi connectivity index (χ0) is 27.3. The molecule has 198 valence electrons. The summed E-state index contributed by atoms with van der Waals surface area (Å²) in [5.74, 6) is 0.468. The van der Waals surface area contributed by atoms with Crippen LogP contribution in [0.2, 0.25) is 0 Å². The largest absolute Gasteiger partial charge is 0.457 e. The number of ketones is 1. The lowest BCUT2D eigenvalue weighted by Crippen LogP contribution is -2.52. The number of carbonyl (C=O) groups excluding carboxylic acids is 3. The number of Topliss-reactive ketones (excluding diaryl/α,β-unsaturated/α-hetero) is 1. The lowest BCUT2D eigenvalue weighted by molar-refractivity contribution is -0.125. The molecule has 39 heavy (non-hydrogen) atoms. The molecule has 4 aromatic rings. The molecule has 2 aliphatic rings. The van der Waals surface area contributed by atoms with Crippen molar-refractivity contribution >= 4 is 44.7 Å². The molecule has 1 aliphatic carbocycles. The number of carbonyl (C=O) groups is 3. The Kier molecular flexibility index (Phi) is 6.10. The van der Waals surface area contributed by atoms with E-state index in [1.165, 1.54) is 11.3 Å². The molecule has 8 N–H and O–H groups in total. The van der Waals surface area contributed by atoms with Crippen molar-refractivity contribution in [1.29, 1.82) is 0 Å². The van der Waals surface area contributed by atoms with Crippen molar-refractivity contribution < 1.29 is 19.1 Å². The van der Waals surface area contributed by atoms with E-state index in [4.69, 9.17) is 21.9 Å². The summed E-state index contributed by atoms with van der Waals surface area (Å²) in [6.45, 7) is 0.346. The number of piperidine rings is 1. The molecule has 1 aromatic heterocycles. The molecule has 1 saturated heterocycles. The Morgan fingerprint density at radius 3 is 2.44 bits per heavy atom. The molecule has 2 heterocycles. The minimum atomic E-state index is -1.55. The number of anilines is 1. The number of para-hydroxylation sites is 1. The van der Waals surface area contributed by atoms with Crippen LogP contribution in [0.1, 0.15) is 45.2 Å². The highest BCUT2D eigenvalue weighted by Gasteiger charge is 2.48. The first-order chi connectivity index (χ1) is 18.8. The maximum atomic E-state index is 13.9. The second-order valence-electron chi connectivity index (χ2n) is 9.85. The predicted octanol–water partition coefficient (Wildman–Crippen LogP) is 3.07. The van der Waals surface area contributed by atoms with E-state index in [9.17, 15) is 14.4 Å². The quantitative estimate of drug-likeness (QED) is 0.242. The smallest absolute Gasteiger partial charge is 0.262 e. The van der Waals surface area contributed by atoms with Crippen LogP contribution in [0.25, 0.3) is 10.1 Å². The first-order valence-electron chi connectivity index (χ1n) is 12.6. The number of ether oxygens (including phenoxy) is 1. The molecule has 0 bridgehead atoms. The molecule has 9 nitrogen and oxygen atoms in total. The van der Waals surface area contributed by atoms with Crippen LogP contribution in [0.15, 0.2) is 66.7 Å². The Morgan fingerprint density at radius 1 is 1.03 bits per heavy atom. The van der Waals surface area contributed by atoms with Crippen molar-refractivity contribution in [2.45, 2.75) is 30.5 Å². The lowest BCUT2D eigenvalue weighted by atomic mass is 9.70. The van der Waals surface area contributed by atoms with E-state index >= 15 is 0 Å². The topological polar surface area (TPSA) is 163 Å². The van der Waals surface area contributed by atoms with E-state index in [0.717, 1.165) is 0 Å². The van der Waals surface area contributed by atoms with Gasteiger partial charge in [-0.15, -0.1) is 11.3 Å². The Bertz CT molecular complexity index is 1610. The molecule has 10 heteroatoms. The van der Waals surface area contributed by atoms with Crippen molar-refractivity contribution in [2.75, 3.05) is 12.3 Å². The summed E-state index contributed by atoms with van der Waals surface area (Å²) >= 11 is 1.20. The highest BCUT2D eigenvalue weighted by molar-refractivity contribution is 7.21. The molecule has 3 unspecified atom stereocenters. The van der Waals surface area contributed by atoms with Crippen LogP contribution < -0.4 is 32.6 Å². The molecule has 2 amide bonds. The number of thiophene rings is 1. The van der Waals surface area contributed by atoms with Crippen molar-refractivity contribution in [3.05, 3.63) is 88.3 Å². The molecule has 0 radical (unpaired) electrons. The molecular formula is C29H27N5O4S. The molecule has 6 rings (SSSR count). The number of nitrogens with one attached hydrogen (secondary N) is 2. The van der Waals surface area contributed by atoms with E-state index in [2.05, 4.69) is 10.6 Å². The van der Waals surface area contributed by atoms with Crippen LogP contribution in [-0.2, 0) is 15.1 Å². The fraction of sp³-hybridized carbons (Fsp3) is 0.207.